The van der Waals surface area contributed by atoms with Gasteiger partial charge >= 0.3 is 0 Å². The number of aliphatic hydroxyl groups excluding tert-OH is 1. The lowest BCUT2D eigenvalue weighted by Gasteiger charge is -2.38. The van der Waals surface area contributed by atoms with Gasteiger partial charge in [0.15, 0.2) is 0 Å². The van der Waals surface area contributed by atoms with E-state index in [4.69, 9.17) is 0 Å². The van der Waals surface area contributed by atoms with E-state index in [0.717, 1.165) is 51.5 Å². The van der Waals surface area contributed by atoms with E-state index in [1.807, 2.05) is 12.1 Å². The van der Waals surface area contributed by atoms with Crippen molar-refractivity contribution in [2.45, 2.75) is 68.3 Å². The zero-order chi connectivity index (χ0) is 18.1. The number of sulfonamides is 1. The van der Waals surface area contributed by atoms with Crippen molar-refractivity contribution in [2.75, 3.05) is 26.2 Å². The molecule has 26 heavy (non-hydrogen) atoms. The van der Waals surface area contributed by atoms with Crippen LogP contribution in [0.2, 0.25) is 0 Å². The van der Waals surface area contributed by atoms with Crippen LogP contribution in [0.3, 0.4) is 0 Å². The highest BCUT2D eigenvalue weighted by molar-refractivity contribution is 7.89. The van der Waals surface area contributed by atoms with Crippen molar-refractivity contribution < 1.29 is 13.5 Å². The van der Waals surface area contributed by atoms with Gasteiger partial charge in [0.05, 0.1) is 11.5 Å². The van der Waals surface area contributed by atoms with Crippen LogP contribution in [0.15, 0.2) is 23.1 Å². The zero-order valence-corrected chi connectivity index (χ0v) is 16.3. The SMILES string of the molecule is O=S(=O)(c1ccc2c(c1)CCCC2)N1CCC(N2CCC[C@H]2CO)CC1. The molecule has 2 saturated heterocycles. The highest BCUT2D eigenvalue weighted by Gasteiger charge is 2.35. The number of benzene rings is 1. The third-order valence-electron chi connectivity index (χ3n) is 6.48. The molecule has 3 aliphatic rings. The second kappa shape index (κ2) is 7.58. The number of hydrogen-bond acceptors (Lipinski definition) is 4. The van der Waals surface area contributed by atoms with Crippen LogP contribution in [0, 0.1) is 0 Å². The van der Waals surface area contributed by atoms with E-state index in [2.05, 4.69) is 4.90 Å². The Morgan fingerprint density at radius 2 is 1.69 bits per heavy atom. The summed E-state index contributed by atoms with van der Waals surface area (Å²) in [5.74, 6) is 0. The summed E-state index contributed by atoms with van der Waals surface area (Å²) in [5.41, 5.74) is 2.54. The maximum atomic E-state index is 13.1. The average Bonchev–Trinajstić information content (AvgIpc) is 3.16. The largest absolute Gasteiger partial charge is 0.395 e. The Hall–Kier alpha value is -0.950. The normalized spacial score (nSPS) is 26.1. The summed E-state index contributed by atoms with van der Waals surface area (Å²) in [6, 6.07) is 6.41. The van der Waals surface area contributed by atoms with Gasteiger partial charge < -0.3 is 5.11 Å². The van der Waals surface area contributed by atoms with Crippen LogP contribution in [0.5, 0.6) is 0 Å². The Labute approximate surface area is 157 Å². The van der Waals surface area contributed by atoms with E-state index in [1.165, 1.54) is 17.5 Å². The second-order valence-electron chi connectivity index (χ2n) is 7.99. The number of piperidine rings is 1. The molecule has 2 fully saturated rings. The molecule has 1 aromatic carbocycles. The number of aryl methyl sites for hydroxylation is 2. The van der Waals surface area contributed by atoms with E-state index in [9.17, 15) is 13.5 Å². The standard InChI is InChI=1S/C20H30N2O3S/c23-15-19-6-3-11-22(19)18-9-12-21(13-10-18)26(24,25)20-8-7-16-4-1-2-5-17(16)14-20/h7-8,14,18-19,23H,1-6,9-13,15H2/t19-/m0/s1. The van der Waals surface area contributed by atoms with Crippen LogP contribution in [-0.2, 0) is 22.9 Å². The van der Waals surface area contributed by atoms with Crippen LogP contribution in [-0.4, -0.2) is 61.1 Å². The molecule has 0 aromatic heterocycles. The monoisotopic (exact) mass is 378 g/mol. The Bertz CT molecular complexity index is 741. The van der Waals surface area contributed by atoms with E-state index in [0.29, 0.717) is 24.0 Å². The van der Waals surface area contributed by atoms with E-state index in [-0.39, 0.29) is 12.6 Å². The first-order chi connectivity index (χ1) is 12.6. The first kappa shape index (κ1) is 18.4. The van der Waals surface area contributed by atoms with Gasteiger partial charge in [0, 0.05) is 25.2 Å². The van der Waals surface area contributed by atoms with Crippen molar-refractivity contribution in [3.05, 3.63) is 29.3 Å². The second-order valence-corrected chi connectivity index (χ2v) is 9.93. The van der Waals surface area contributed by atoms with Crippen LogP contribution in [0.4, 0.5) is 0 Å². The predicted octanol–water partition coefficient (Wildman–Crippen LogP) is 2.18. The van der Waals surface area contributed by atoms with Gasteiger partial charge in [-0.05, 0) is 81.2 Å². The van der Waals surface area contributed by atoms with Gasteiger partial charge in [0.25, 0.3) is 0 Å². The van der Waals surface area contributed by atoms with Crippen molar-refractivity contribution in [3.63, 3.8) is 0 Å². The number of likely N-dealkylation sites (tertiary alicyclic amines) is 1. The molecule has 0 unspecified atom stereocenters. The average molecular weight is 379 g/mol. The molecule has 6 heteroatoms. The Balaban J connectivity index is 1.45. The number of aliphatic hydroxyl groups is 1. The molecule has 4 rings (SSSR count). The van der Waals surface area contributed by atoms with Gasteiger partial charge in [-0.15, -0.1) is 0 Å². The van der Waals surface area contributed by atoms with E-state index >= 15 is 0 Å². The lowest BCUT2D eigenvalue weighted by Crippen LogP contribution is -2.48. The number of hydrogen-bond donors (Lipinski definition) is 1. The minimum atomic E-state index is -3.40. The minimum absolute atomic E-state index is 0.216. The van der Waals surface area contributed by atoms with Gasteiger partial charge in [0.2, 0.25) is 10.0 Å². The summed E-state index contributed by atoms with van der Waals surface area (Å²) in [4.78, 5) is 2.87. The summed E-state index contributed by atoms with van der Waals surface area (Å²) >= 11 is 0. The van der Waals surface area contributed by atoms with Crippen molar-refractivity contribution in [2.24, 2.45) is 0 Å². The first-order valence-electron chi connectivity index (χ1n) is 10.1. The summed E-state index contributed by atoms with van der Waals surface area (Å²) < 4.78 is 27.9. The molecule has 0 spiro atoms. The zero-order valence-electron chi connectivity index (χ0n) is 15.4. The van der Waals surface area contributed by atoms with Crippen LogP contribution >= 0.6 is 0 Å². The van der Waals surface area contributed by atoms with Gasteiger partial charge in [-0.1, -0.05) is 6.07 Å². The topological polar surface area (TPSA) is 60.9 Å². The summed E-state index contributed by atoms with van der Waals surface area (Å²) in [6.07, 6.45) is 8.35. The highest BCUT2D eigenvalue weighted by atomic mass is 32.2. The maximum absolute atomic E-state index is 13.1. The van der Waals surface area contributed by atoms with Crippen molar-refractivity contribution in [3.8, 4) is 0 Å². The Kier molecular flexibility index (Phi) is 5.37. The predicted molar refractivity (Wildman–Crippen MR) is 102 cm³/mol. The number of rotatable bonds is 4. The lowest BCUT2D eigenvalue weighted by molar-refractivity contribution is 0.0899. The molecule has 144 valence electrons. The van der Waals surface area contributed by atoms with Gasteiger partial charge in [-0.2, -0.15) is 4.31 Å². The molecule has 5 nitrogen and oxygen atoms in total. The molecule has 1 N–H and O–H groups in total. The summed E-state index contributed by atoms with van der Waals surface area (Å²) in [5, 5.41) is 9.55. The molecule has 1 atom stereocenters. The van der Waals surface area contributed by atoms with E-state index in [1.54, 1.807) is 10.4 Å². The smallest absolute Gasteiger partial charge is 0.243 e. The van der Waals surface area contributed by atoms with Crippen LogP contribution in [0.25, 0.3) is 0 Å². The third-order valence-corrected chi connectivity index (χ3v) is 8.38. The van der Waals surface area contributed by atoms with Gasteiger partial charge in [-0.25, -0.2) is 8.42 Å². The molecule has 1 aromatic rings. The van der Waals surface area contributed by atoms with Crippen molar-refractivity contribution >= 4 is 10.0 Å². The first-order valence-corrected chi connectivity index (χ1v) is 11.5. The molecule has 2 aliphatic heterocycles. The van der Waals surface area contributed by atoms with Crippen molar-refractivity contribution in [1.29, 1.82) is 0 Å². The van der Waals surface area contributed by atoms with Gasteiger partial charge in [0.1, 0.15) is 0 Å². The minimum Gasteiger partial charge on any atom is -0.395 e. The highest BCUT2D eigenvalue weighted by Crippen LogP contribution is 2.30. The quantitative estimate of drug-likeness (QED) is 0.872. The fourth-order valence-corrected chi connectivity index (χ4v) is 6.49. The molecular weight excluding hydrogens is 348 g/mol. The molecule has 0 radical (unpaired) electrons. The Morgan fingerprint density at radius 1 is 0.962 bits per heavy atom. The lowest BCUT2D eigenvalue weighted by atomic mass is 9.92. The fourth-order valence-electron chi connectivity index (χ4n) is 4.97. The molecular formula is C20H30N2O3S. The molecule has 0 bridgehead atoms. The fraction of sp³-hybridized carbons (Fsp3) is 0.700. The van der Waals surface area contributed by atoms with Gasteiger partial charge in [-0.3, -0.25) is 4.90 Å². The summed E-state index contributed by atoms with van der Waals surface area (Å²) in [7, 11) is -3.40. The maximum Gasteiger partial charge on any atom is 0.243 e. The number of nitrogens with zero attached hydrogens (tertiary/aromatic N) is 2. The van der Waals surface area contributed by atoms with Crippen molar-refractivity contribution in [1.82, 2.24) is 9.21 Å². The molecule has 0 saturated carbocycles. The van der Waals surface area contributed by atoms with E-state index < -0.39 is 10.0 Å². The summed E-state index contributed by atoms with van der Waals surface area (Å²) in [6.45, 7) is 2.42. The van der Waals surface area contributed by atoms with Crippen LogP contribution < -0.4 is 0 Å². The Morgan fingerprint density at radius 3 is 2.42 bits per heavy atom. The number of fused-ring (bicyclic) bond motifs is 1. The molecule has 0 amide bonds. The third kappa shape index (κ3) is 3.44. The molecule has 2 heterocycles. The molecule has 1 aliphatic carbocycles. The van der Waals surface area contributed by atoms with Crippen LogP contribution in [0.1, 0.15) is 49.7 Å².